The molecule has 0 spiro atoms. The van der Waals surface area contributed by atoms with Gasteiger partial charge in [-0.1, -0.05) is 6.07 Å². The number of amides is 2. The second-order valence-electron chi connectivity index (χ2n) is 6.13. The molecule has 1 saturated heterocycles. The number of halogens is 2. The number of benzene rings is 1. The number of carbonyl (C=O) groups is 2. The lowest BCUT2D eigenvalue weighted by Crippen LogP contribution is -2.50. The van der Waals surface area contributed by atoms with Crippen LogP contribution in [0.5, 0.6) is 0 Å². The number of hydrogen-bond donors (Lipinski definition) is 1. The van der Waals surface area contributed by atoms with Crippen molar-refractivity contribution in [2.45, 2.75) is 6.92 Å². The van der Waals surface area contributed by atoms with E-state index >= 15 is 0 Å². The maximum atomic E-state index is 13.8. The normalized spacial score (nSPS) is 14.0. The third kappa shape index (κ3) is 4.36. The molecule has 7 nitrogen and oxygen atoms in total. The molecule has 1 aromatic heterocycles. The molecule has 9 heteroatoms. The molecule has 0 aliphatic carbocycles. The minimum Gasteiger partial charge on any atom is -0.450 e. The average molecular weight is 390 g/mol. The lowest BCUT2D eigenvalue weighted by atomic mass is 10.2. The van der Waals surface area contributed by atoms with E-state index in [1.165, 1.54) is 24.4 Å². The molecule has 28 heavy (non-hydrogen) atoms. The SMILES string of the molecule is CCOC(=O)N1CCN(C(=O)c2ccnc(Nc3c(F)cccc3F)c2)CC1. The van der Waals surface area contributed by atoms with E-state index in [2.05, 4.69) is 10.3 Å². The first-order valence-electron chi connectivity index (χ1n) is 8.87. The highest BCUT2D eigenvalue weighted by atomic mass is 19.1. The van der Waals surface area contributed by atoms with Crippen LogP contribution in [0, 0.1) is 11.6 Å². The third-order valence-corrected chi connectivity index (χ3v) is 4.32. The van der Waals surface area contributed by atoms with Crippen molar-refractivity contribution in [3.63, 3.8) is 0 Å². The fourth-order valence-electron chi connectivity index (χ4n) is 2.87. The predicted molar refractivity (Wildman–Crippen MR) is 98.4 cm³/mol. The number of para-hydroxylation sites is 1. The molecular weight excluding hydrogens is 370 g/mol. The molecule has 148 valence electrons. The molecule has 0 bridgehead atoms. The highest BCUT2D eigenvalue weighted by Crippen LogP contribution is 2.22. The van der Waals surface area contributed by atoms with Gasteiger partial charge in [-0.3, -0.25) is 4.79 Å². The van der Waals surface area contributed by atoms with Crippen molar-refractivity contribution in [2.75, 3.05) is 38.1 Å². The number of carbonyl (C=O) groups excluding carboxylic acids is 2. The summed E-state index contributed by atoms with van der Waals surface area (Å²) in [7, 11) is 0. The molecule has 1 N–H and O–H groups in total. The lowest BCUT2D eigenvalue weighted by molar-refractivity contribution is 0.0570. The molecule has 2 aromatic rings. The van der Waals surface area contributed by atoms with Gasteiger partial charge in [-0.15, -0.1) is 0 Å². The van der Waals surface area contributed by atoms with Gasteiger partial charge in [-0.2, -0.15) is 0 Å². The number of anilines is 2. The second kappa shape index (κ2) is 8.64. The first-order valence-corrected chi connectivity index (χ1v) is 8.87. The van der Waals surface area contributed by atoms with Crippen LogP contribution in [0.3, 0.4) is 0 Å². The Kier molecular flexibility index (Phi) is 6.03. The van der Waals surface area contributed by atoms with Crippen molar-refractivity contribution < 1.29 is 23.1 Å². The number of nitrogens with zero attached hydrogens (tertiary/aromatic N) is 3. The highest BCUT2D eigenvalue weighted by Gasteiger charge is 2.25. The van der Waals surface area contributed by atoms with Crippen molar-refractivity contribution in [1.29, 1.82) is 0 Å². The quantitative estimate of drug-likeness (QED) is 0.869. The van der Waals surface area contributed by atoms with Crippen LogP contribution in [0.1, 0.15) is 17.3 Å². The van der Waals surface area contributed by atoms with Gasteiger partial charge in [-0.05, 0) is 31.2 Å². The maximum Gasteiger partial charge on any atom is 0.409 e. The Morgan fingerprint density at radius 3 is 2.39 bits per heavy atom. The zero-order valence-electron chi connectivity index (χ0n) is 15.3. The van der Waals surface area contributed by atoms with E-state index in [-0.39, 0.29) is 17.4 Å². The van der Waals surface area contributed by atoms with Gasteiger partial charge in [0, 0.05) is 37.9 Å². The number of rotatable bonds is 4. The summed E-state index contributed by atoms with van der Waals surface area (Å²) in [5.74, 6) is -1.61. The Morgan fingerprint density at radius 2 is 1.75 bits per heavy atom. The molecule has 3 rings (SSSR count). The summed E-state index contributed by atoms with van der Waals surface area (Å²) in [4.78, 5) is 31.6. The second-order valence-corrected chi connectivity index (χ2v) is 6.13. The van der Waals surface area contributed by atoms with Gasteiger partial charge in [0.1, 0.15) is 23.1 Å². The molecule has 0 atom stereocenters. The molecule has 1 aliphatic rings. The predicted octanol–water partition coefficient (Wildman–Crippen LogP) is 3.02. The smallest absolute Gasteiger partial charge is 0.409 e. The number of pyridine rings is 1. The standard InChI is InChI=1S/C19H20F2N4O3/c1-2-28-19(27)25-10-8-24(9-11-25)18(26)13-6-7-22-16(12-13)23-17-14(20)4-3-5-15(17)21/h3-7,12H,2,8-11H2,1H3,(H,22,23). The van der Waals surface area contributed by atoms with Crippen LogP contribution in [0.25, 0.3) is 0 Å². The van der Waals surface area contributed by atoms with Gasteiger partial charge < -0.3 is 19.9 Å². The third-order valence-electron chi connectivity index (χ3n) is 4.32. The lowest BCUT2D eigenvalue weighted by Gasteiger charge is -2.34. The highest BCUT2D eigenvalue weighted by molar-refractivity contribution is 5.95. The molecule has 1 fully saturated rings. The minimum atomic E-state index is -0.756. The van der Waals surface area contributed by atoms with Crippen molar-refractivity contribution in [2.24, 2.45) is 0 Å². The van der Waals surface area contributed by atoms with E-state index in [0.29, 0.717) is 38.3 Å². The van der Waals surface area contributed by atoms with Crippen LogP contribution >= 0.6 is 0 Å². The van der Waals surface area contributed by atoms with Gasteiger partial charge >= 0.3 is 6.09 Å². The van der Waals surface area contributed by atoms with Gasteiger partial charge in [0.2, 0.25) is 0 Å². The van der Waals surface area contributed by atoms with Crippen LogP contribution in [0.2, 0.25) is 0 Å². The first kappa shape index (κ1) is 19.5. The van der Waals surface area contributed by atoms with Crippen molar-refractivity contribution >= 4 is 23.5 Å². The van der Waals surface area contributed by atoms with Crippen molar-refractivity contribution in [3.8, 4) is 0 Å². The van der Waals surface area contributed by atoms with Crippen LogP contribution < -0.4 is 5.32 Å². The van der Waals surface area contributed by atoms with E-state index in [1.54, 1.807) is 16.7 Å². The zero-order valence-corrected chi connectivity index (χ0v) is 15.3. The van der Waals surface area contributed by atoms with Crippen LogP contribution in [0.4, 0.5) is 25.1 Å². The van der Waals surface area contributed by atoms with Gasteiger partial charge in [0.05, 0.1) is 6.61 Å². The Bertz CT molecular complexity index is 850. The number of ether oxygens (including phenoxy) is 1. The molecule has 0 radical (unpaired) electrons. The van der Waals surface area contributed by atoms with E-state index in [9.17, 15) is 18.4 Å². The number of hydrogen-bond acceptors (Lipinski definition) is 5. The molecule has 0 unspecified atom stereocenters. The molecular formula is C19H20F2N4O3. The molecule has 1 aromatic carbocycles. The summed E-state index contributed by atoms with van der Waals surface area (Å²) in [6.07, 6.45) is 1.00. The van der Waals surface area contributed by atoms with Crippen molar-refractivity contribution in [1.82, 2.24) is 14.8 Å². The number of aromatic nitrogens is 1. The van der Waals surface area contributed by atoms with Gasteiger partial charge in [-0.25, -0.2) is 18.6 Å². The molecule has 1 aliphatic heterocycles. The van der Waals surface area contributed by atoms with Crippen LogP contribution in [0.15, 0.2) is 36.5 Å². The van der Waals surface area contributed by atoms with Gasteiger partial charge in [0.25, 0.3) is 5.91 Å². The molecule has 2 amide bonds. The Morgan fingerprint density at radius 1 is 1.11 bits per heavy atom. The number of piperazine rings is 1. The van der Waals surface area contributed by atoms with Gasteiger partial charge in [0.15, 0.2) is 0 Å². The summed E-state index contributed by atoms with van der Waals surface area (Å²) in [5, 5.41) is 2.57. The summed E-state index contributed by atoms with van der Waals surface area (Å²) >= 11 is 0. The largest absolute Gasteiger partial charge is 0.450 e. The Labute approximate surface area is 160 Å². The van der Waals surface area contributed by atoms with E-state index in [4.69, 9.17) is 4.74 Å². The van der Waals surface area contributed by atoms with E-state index < -0.39 is 17.7 Å². The van der Waals surface area contributed by atoms with Crippen molar-refractivity contribution in [3.05, 3.63) is 53.7 Å². The fourth-order valence-corrected chi connectivity index (χ4v) is 2.87. The summed E-state index contributed by atoms with van der Waals surface area (Å²) in [6, 6.07) is 6.49. The van der Waals surface area contributed by atoms with E-state index in [0.717, 1.165) is 12.1 Å². The monoisotopic (exact) mass is 390 g/mol. The summed E-state index contributed by atoms with van der Waals surface area (Å²) in [6.45, 7) is 3.52. The molecule has 0 saturated carbocycles. The summed E-state index contributed by atoms with van der Waals surface area (Å²) in [5.41, 5.74) is 0.00137. The Hall–Kier alpha value is -3.23. The van der Waals surface area contributed by atoms with E-state index in [1.807, 2.05) is 0 Å². The van der Waals surface area contributed by atoms with Crippen LogP contribution in [-0.4, -0.2) is 59.6 Å². The van der Waals surface area contributed by atoms with Crippen LogP contribution in [-0.2, 0) is 4.74 Å². The minimum absolute atomic E-state index is 0.153. The molecule has 2 heterocycles. The number of nitrogens with one attached hydrogen (secondary N) is 1. The summed E-state index contributed by atoms with van der Waals surface area (Å²) < 4.78 is 32.5. The average Bonchev–Trinajstić information content (AvgIpc) is 2.71. The maximum absolute atomic E-state index is 13.8. The zero-order chi connectivity index (χ0) is 20.1. The first-order chi connectivity index (χ1) is 13.5. The fraction of sp³-hybridized carbons (Fsp3) is 0.316. The Balaban J connectivity index is 1.67. The topological polar surface area (TPSA) is 74.8 Å².